The highest BCUT2D eigenvalue weighted by molar-refractivity contribution is 7.99. The Labute approximate surface area is 153 Å². The monoisotopic (exact) mass is 374 g/mol. The normalized spacial score (nSPS) is 23.1. The maximum atomic E-state index is 12.5. The number of thioether (sulfide) groups is 1. The second-order valence-electron chi connectivity index (χ2n) is 6.28. The van der Waals surface area contributed by atoms with E-state index in [1.165, 1.54) is 0 Å². The van der Waals surface area contributed by atoms with E-state index in [1.807, 2.05) is 30.0 Å². The minimum Gasteiger partial charge on any atom is -0.347 e. The van der Waals surface area contributed by atoms with Crippen LogP contribution in [0.2, 0.25) is 5.02 Å². The number of rotatable bonds is 4. The lowest BCUT2D eigenvalue weighted by molar-refractivity contribution is -0.123. The molecule has 2 N–H and O–H groups in total. The number of amides is 1. The zero-order valence-electron chi connectivity index (χ0n) is 13.1. The molecule has 1 aromatic rings. The van der Waals surface area contributed by atoms with Crippen molar-refractivity contribution in [3.8, 4) is 0 Å². The number of carbonyl (C=O) groups is 1. The van der Waals surface area contributed by atoms with Crippen LogP contribution in [0.15, 0.2) is 24.3 Å². The van der Waals surface area contributed by atoms with Gasteiger partial charge in [-0.15, -0.1) is 12.4 Å². The maximum Gasteiger partial charge on any atom is 0.222 e. The van der Waals surface area contributed by atoms with Crippen LogP contribution in [0.1, 0.15) is 37.7 Å². The van der Waals surface area contributed by atoms with Crippen molar-refractivity contribution >= 4 is 41.7 Å². The van der Waals surface area contributed by atoms with Crippen LogP contribution in [-0.2, 0) is 10.3 Å². The van der Waals surface area contributed by atoms with Crippen molar-refractivity contribution in [2.24, 2.45) is 0 Å². The fourth-order valence-electron chi connectivity index (χ4n) is 3.54. The van der Waals surface area contributed by atoms with Gasteiger partial charge in [0.15, 0.2) is 0 Å². The average Bonchev–Trinajstić information content (AvgIpc) is 2.98. The minimum atomic E-state index is -0.218. The zero-order chi connectivity index (χ0) is 15.4. The van der Waals surface area contributed by atoms with Gasteiger partial charge in [-0.3, -0.25) is 4.79 Å². The van der Waals surface area contributed by atoms with E-state index in [1.54, 1.807) is 0 Å². The summed E-state index contributed by atoms with van der Waals surface area (Å²) in [5, 5.41) is 7.51. The maximum absolute atomic E-state index is 12.5. The molecule has 1 unspecified atom stereocenters. The van der Waals surface area contributed by atoms with Gasteiger partial charge in [-0.05, 0) is 30.5 Å². The molecule has 3 rings (SSSR count). The highest BCUT2D eigenvalue weighted by Gasteiger charge is 2.37. The van der Waals surface area contributed by atoms with Crippen LogP contribution in [0, 0.1) is 0 Å². The highest BCUT2D eigenvalue weighted by atomic mass is 35.5. The van der Waals surface area contributed by atoms with Gasteiger partial charge in [0.1, 0.15) is 0 Å². The van der Waals surface area contributed by atoms with Crippen molar-refractivity contribution in [3.05, 3.63) is 34.9 Å². The first-order chi connectivity index (χ1) is 10.7. The average molecular weight is 375 g/mol. The number of carbonyl (C=O) groups excluding carboxylic acids is 1. The molecule has 1 saturated carbocycles. The summed E-state index contributed by atoms with van der Waals surface area (Å²) in [5.41, 5.74) is 0.931. The fraction of sp³-hybridized carbons (Fsp3) is 0.588. The summed E-state index contributed by atoms with van der Waals surface area (Å²) in [5.74, 6) is 2.32. The standard InChI is InChI=1S/C17H23ClN2OS.ClH/c18-14-5-3-4-13(10-14)17(6-1-2-7-17)20-16(21)11-15-12-22-9-8-19-15;/h3-5,10,15,19H,1-2,6-9,11-12H2,(H,20,21);1H. The molecular weight excluding hydrogens is 351 g/mol. The predicted molar refractivity (Wildman–Crippen MR) is 101 cm³/mol. The second-order valence-corrected chi connectivity index (χ2v) is 7.86. The molecule has 6 heteroatoms. The van der Waals surface area contributed by atoms with Crippen LogP contribution in [-0.4, -0.2) is 30.0 Å². The molecule has 1 heterocycles. The lowest BCUT2D eigenvalue weighted by Gasteiger charge is -2.32. The third kappa shape index (κ3) is 4.79. The van der Waals surface area contributed by atoms with Crippen LogP contribution in [0.5, 0.6) is 0 Å². The van der Waals surface area contributed by atoms with Crippen LogP contribution < -0.4 is 10.6 Å². The molecule has 1 saturated heterocycles. The summed E-state index contributed by atoms with van der Waals surface area (Å²) in [6.45, 7) is 1.00. The van der Waals surface area contributed by atoms with Gasteiger partial charge in [0.05, 0.1) is 5.54 Å². The van der Waals surface area contributed by atoms with E-state index in [0.29, 0.717) is 12.5 Å². The molecule has 0 spiro atoms. The topological polar surface area (TPSA) is 41.1 Å². The molecule has 0 radical (unpaired) electrons. The first-order valence-electron chi connectivity index (χ1n) is 8.06. The van der Waals surface area contributed by atoms with Crippen molar-refractivity contribution in [1.82, 2.24) is 10.6 Å². The molecule has 23 heavy (non-hydrogen) atoms. The molecule has 3 nitrogen and oxygen atoms in total. The van der Waals surface area contributed by atoms with Gasteiger partial charge >= 0.3 is 0 Å². The van der Waals surface area contributed by atoms with E-state index >= 15 is 0 Å². The number of nitrogens with one attached hydrogen (secondary N) is 2. The highest BCUT2D eigenvalue weighted by Crippen LogP contribution is 2.39. The summed E-state index contributed by atoms with van der Waals surface area (Å²) in [6.07, 6.45) is 4.89. The van der Waals surface area contributed by atoms with Crippen LogP contribution in [0.3, 0.4) is 0 Å². The second kappa shape index (κ2) is 8.61. The molecule has 2 fully saturated rings. The molecule has 1 aromatic carbocycles. The molecule has 1 atom stereocenters. The summed E-state index contributed by atoms with van der Waals surface area (Å²) in [7, 11) is 0. The lowest BCUT2D eigenvalue weighted by atomic mass is 9.88. The van der Waals surface area contributed by atoms with Gasteiger partial charge in [0.25, 0.3) is 0 Å². The van der Waals surface area contributed by atoms with E-state index in [0.717, 1.165) is 54.3 Å². The molecule has 1 amide bonds. The number of hydrogen-bond acceptors (Lipinski definition) is 3. The van der Waals surface area contributed by atoms with E-state index in [4.69, 9.17) is 11.6 Å². The molecule has 0 bridgehead atoms. The quantitative estimate of drug-likeness (QED) is 0.842. The van der Waals surface area contributed by atoms with Crippen molar-refractivity contribution in [3.63, 3.8) is 0 Å². The summed E-state index contributed by atoms with van der Waals surface area (Å²) >= 11 is 8.08. The Kier molecular flexibility index (Phi) is 7.08. The van der Waals surface area contributed by atoms with E-state index in [9.17, 15) is 4.79 Å². The SMILES string of the molecule is Cl.O=C(CC1CSCCN1)NC1(c2cccc(Cl)c2)CCCC1. The number of benzene rings is 1. The summed E-state index contributed by atoms with van der Waals surface area (Å²) in [4.78, 5) is 12.5. The fourth-order valence-corrected chi connectivity index (χ4v) is 4.68. The van der Waals surface area contributed by atoms with Crippen molar-refractivity contribution in [2.45, 2.75) is 43.7 Å². The molecular formula is C17H24Cl2N2OS. The smallest absolute Gasteiger partial charge is 0.222 e. The Morgan fingerprint density at radius 2 is 2.17 bits per heavy atom. The predicted octanol–water partition coefficient (Wildman–Crippen LogP) is 3.74. The zero-order valence-corrected chi connectivity index (χ0v) is 15.5. The van der Waals surface area contributed by atoms with E-state index in [2.05, 4.69) is 16.7 Å². The van der Waals surface area contributed by atoms with Gasteiger partial charge in [-0.2, -0.15) is 11.8 Å². The lowest BCUT2D eigenvalue weighted by Crippen LogP contribution is -2.47. The molecule has 2 aliphatic rings. The molecule has 128 valence electrons. The van der Waals surface area contributed by atoms with Crippen LogP contribution in [0.4, 0.5) is 0 Å². The van der Waals surface area contributed by atoms with Gasteiger partial charge in [0, 0.05) is 35.5 Å². The van der Waals surface area contributed by atoms with Crippen molar-refractivity contribution in [2.75, 3.05) is 18.1 Å². The Morgan fingerprint density at radius 1 is 1.39 bits per heavy atom. The Hall–Kier alpha value is -0.420. The molecule has 0 aromatic heterocycles. The largest absolute Gasteiger partial charge is 0.347 e. The third-order valence-electron chi connectivity index (χ3n) is 4.64. The third-order valence-corrected chi connectivity index (χ3v) is 6.01. The van der Waals surface area contributed by atoms with E-state index in [-0.39, 0.29) is 23.9 Å². The van der Waals surface area contributed by atoms with Gasteiger partial charge in [-0.25, -0.2) is 0 Å². The Bertz CT molecular complexity index is 529. The van der Waals surface area contributed by atoms with Gasteiger partial charge in [-0.1, -0.05) is 36.6 Å². The van der Waals surface area contributed by atoms with Gasteiger partial charge < -0.3 is 10.6 Å². The summed E-state index contributed by atoms with van der Waals surface area (Å²) in [6, 6.07) is 8.26. The van der Waals surface area contributed by atoms with Gasteiger partial charge in [0.2, 0.25) is 5.91 Å². The first-order valence-corrected chi connectivity index (χ1v) is 9.59. The van der Waals surface area contributed by atoms with Crippen molar-refractivity contribution < 1.29 is 4.79 Å². The Morgan fingerprint density at radius 3 is 2.83 bits per heavy atom. The summed E-state index contributed by atoms with van der Waals surface area (Å²) < 4.78 is 0. The van der Waals surface area contributed by atoms with Crippen LogP contribution >= 0.6 is 35.8 Å². The van der Waals surface area contributed by atoms with Crippen molar-refractivity contribution in [1.29, 1.82) is 0 Å². The number of halogens is 2. The van der Waals surface area contributed by atoms with E-state index < -0.39 is 0 Å². The number of hydrogen-bond donors (Lipinski definition) is 2. The first kappa shape index (κ1) is 18.9. The molecule has 1 aliphatic heterocycles. The molecule has 1 aliphatic carbocycles. The Balaban J connectivity index is 0.00000192. The van der Waals surface area contributed by atoms with Crippen LogP contribution in [0.25, 0.3) is 0 Å². The minimum absolute atomic E-state index is 0.